The fraction of sp³-hybridized carbons (Fsp3) is 0.579. The minimum absolute atomic E-state index is 0.660. The molecule has 0 unspecified atom stereocenters. The molecule has 0 spiro atoms. The Labute approximate surface area is 159 Å². The Bertz CT molecular complexity index is 766. The Morgan fingerprint density at radius 2 is 1.33 bits per heavy atom. The molecular formula is C19H25N7O. The van der Waals surface area contributed by atoms with E-state index >= 15 is 0 Å². The maximum atomic E-state index is 5.40. The van der Waals surface area contributed by atoms with Gasteiger partial charge in [0, 0.05) is 56.9 Å². The number of ether oxygens (including phenoxy) is 1. The van der Waals surface area contributed by atoms with E-state index in [1.54, 1.807) is 6.33 Å². The van der Waals surface area contributed by atoms with Crippen LogP contribution in [-0.2, 0) is 4.74 Å². The van der Waals surface area contributed by atoms with Crippen LogP contribution in [0.4, 0.5) is 17.5 Å². The van der Waals surface area contributed by atoms with Crippen LogP contribution in [0.2, 0.25) is 0 Å². The standard InChI is InChI=1S/C19H25N7O/c1-2-15(1)16-13-19(21-14-20-16)25-7-5-24(6-8-25)17-3-4-18(23-22-17)26-9-11-27-12-10-26/h3-4,13-15H,1-2,5-12H2. The largest absolute Gasteiger partial charge is 0.378 e. The van der Waals surface area contributed by atoms with Crippen LogP contribution >= 0.6 is 0 Å². The highest BCUT2D eigenvalue weighted by Crippen LogP contribution is 2.39. The third-order valence-electron chi connectivity index (χ3n) is 5.57. The molecule has 3 aliphatic rings. The highest BCUT2D eigenvalue weighted by Gasteiger charge is 2.26. The van der Waals surface area contributed by atoms with Crippen LogP contribution in [0.5, 0.6) is 0 Å². The van der Waals surface area contributed by atoms with Crippen molar-refractivity contribution in [2.75, 3.05) is 67.2 Å². The Morgan fingerprint density at radius 1 is 0.741 bits per heavy atom. The van der Waals surface area contributed by atoms with Gasteiger partial charge in [0.25, 0.3) is 0 Å². The van der Waals surface area contributed by atoms with Crippen molar-refractivity contribution in [1.82, 2.24) is 20.2 Å². The van der Waals surface area contributed by atoms with Crippen LogP contribution < -0.4 is 14.7 Å². The van der Waals surface area contributed by atoms with Gasteiger partial charge >= 0.3 is 0 Å². The predicted molar refractivity (Wildman–Crippen MR) is 103 cm³/mol. The van der Waals surface area contributed by atoms with Crippen LogP contribution in [0, 0.1) is 0 Å². The molecule has 1 saturated carbocycles. The van der Waals surface area contributed by atoms with Gasteiger partial charge in [-0.15, -0.1) is 10.2 Å². The van der Waals surface area contributed by atoms with Gasteiger partial charge in [-0.2, -0.15) is 0 Å². The van der Waals surface area contributed by atoms with E-state index in [0.29, 0.717) is 5.92 Å². The summed E-state index contributed by atoms with van der Waals surface area (Å²) in [5.74, 6) is 3.61. The van der Waals surface area contributed by atoms with Gasteiger partial charge in [0.15, 0.2) is 11.6 Å². The van der Waals surface area contributed by atoms with E-state index in [9.17, 15) is 0 Å². The number of piperazine rings is 1. The third kappa shape index (κ3) is 3.66. The van der Waals surface area contributed by atoms with E-state index < -0.39 is 0 Å². The molecule has 0 atom stereocenters. The van der Waals surface area contributed by atoms with E-state index in [-0.39, 0.29) is 0 Å². The molecule has 8 nitrogen and oxygen atoms in total. The Balaban J connectivity index is 1.20. The normalized spacial score (nSPS) is 20.8. The van der Waals surface area contributed by atoms with Gasteiger partial charge in [0.1, 0.15) is 12.1 Å². The summed E-state index contributed by atoms with van der Waals surface area (Å²) in [5.41, 5.74) is 1.20. The van der Waals surface area contributed by atoms with E-state index in [4.69, 9.17) is 4.74 Å². The summed E-state index contributed by atoms with van der Waals surface area (Å²) in [6, 6.07) is 6.33. The number of hydrogen-bond donors (Lipinski definition) is 0. The Kier molecular flexibility index (Phi) is 4.49. The summed E-state index contributed by atoms with van der Waals surface area (Å²) in [5, 5.41) is 8.91. The van der Waals surface area contributed by atoms with Crippen molar-refractivity contribution in [3.63, 3.8) is 0 Å². The molecule has 2 saturated heterocycles. The quantitative estimate of drug-likeness (QED) is 0.801. The van der Waals surface area contributed by atoms with Crippen LogP contribution in [0.3, 0.4) is 0 Å². The molecule has 2 aromatic heterocycles. The molecule has 0 radical (unpaired) electrons. The van der Waals surface area contributed by atoms with Gasteiger partial charge in [-0.3, -0.25) is 0 Å². The first-order valence-electron chi connectivity index (χ1n) is 9.85. The third-order valence-corrected chi connectivity index (χ3v) is 5.57. The molecule has 4 heterocycles. The molecule has 142 valence electrons. The zero-order valence-corrected chi connectivity index (χ0v) is 15.5. The molecule has 8 heteroatoms. The number of aromatic nitrogens is 4. The van der Waals surface area contributed by atoms with Crippen molar-refractivity contribution in [3.8, 4) is 0 Å². The molecule has 1 aliphatic carbocycles. The molecule has 0 amide bonds. The first-order chi connectivity index (χ1) is 13.4. The van der Waals surface area contributed by atoms with E-state index in [0.717, 1.165) is 69.9 Å². The lowest BCUT2D eigenvalue weighted by atomic mass is 10.2. The highest BCUT2D eigenvalue weighted by atomic mass is 16.5. The summed E-state index contributed by atoms with van der Waals surface area (Å²) in [4.78, 5) is 15.8. The monoisotopic (exact) mass is 367 g/mol. The van der Waals surface area contributed by atoms with Gasteiger partial charge < -0.3 is 19.4 Å². The number of rotatable bonds is 4. The topological polar surface area (TPSA) is 70.5 Å². The zero-order valence-electron chi connectivity index (χ0n) is 15.5. The van der Waals surface area contributed by atoms with Crippen LogP contribution in [-0.4, -0.2) is 72.6 Å². The molecule has 5 rings (SSSR count). The Hall–Kier alpha value is -2.48. The molecule has 2 aromatic rings. The Morgan fingerprint density at radius 3 is 1.93 bits per heavy atom. The molecule has 2 aliphatic heterocycles. The van der Waals surface area contributed by atoms with Crippen molar-refractivity contribution < 1.29 is 4.74 Å². The molecule has 0 aromatic carbocycles. The summed E-state index contributed by atoms with van der Waals surface area (Å²) in [7, 11) is 0. The van der Waals surface area contributed by atoms with Gasteiger partial charge in [-0.05, 0) is 25.0 Å². The molecular weight excluding hydrogens is 342 g/mol. The van der Waals surface area contributed by atoms with E-state index in [1.165, 1.54) is 18.5 Å². The number of nitrogens with zero attached hydrogens (tertiary/aromatic N) is 7. The van der Waals surface area contributed by atoms with Gasteiger partial charge in [-0.1, -0.05) is 0 Å². The number of morpholine rings is 1. The summed E-state index contributed by atoms with van der Waals surface area (Å²) < 4.78 is 5.40. The number of hydrogen-bond acceptors (Lipinski definition) is 8. The summed E-state index contributed by atoms with van der Waals surface area (Å²) >= 11 is 0. The first kappa shape index (κ1) is 16.7. The second-order valence-electron chi connectivity index (χ2n) is 7.40. The fourth-order valence-electron chi connectivity index (χ4n) is 3.75. The van der Waals surface area contributed by atoms with Crippen molar-refractivity contribution >= 4 is 17.5 Å². The summed E-state index contributed by atoms with van der Waals surface area (Å²) in [6.45, 7) is 7.02. The minimum Gasteiger partial charge on any atom is -0.378 e. The van der Waals surface area contributed by atoms with Crippen LogP contribution in [0.25, 0.3) is 0 Å². The van der Waals surface area contributed by atoms with Gasteiger partial charge in [0.05, 0.1) is 13.2 Å². The lowest BCUT2D eigenvalue weighted by Crippen LogP contribution is -2.47. The number of anilines is 3. The van der Waals surface area contributed by atoms with Crippen molar-refractivity contribution in [2.24, 2.45) is 0 Å². The van der Waals surface area contributed by atoms with Crippen molar-refractivity contribution in [1.29, 1.82) is 0 Å². The smallest absolute Gasteiger partial charge is 0.151 e. The molecule has 27 heavy (non-hydrogen) atoms. The lowest BCUT2D eigenvalue weighted by molar-refractivity contribution is 0.122. The first-order valence-corrected chi connectivity index (χ1v) is 9.85. The maximum absolute atomic E-state index is 5.40. The van der Waals surface area contributed by atoms with Gasteiger partial charge in [-0.25, -0.2) is 9.97 Å². The van der Waals surface area contributed by atoms with E-state index in [1.807, 2.05) is 0 Å². The minimum atomic E-state index is 0.660. The zero-order chi connectivity index (χ0) is 18.1. The SMILES string of the molecule is c1nc(C2CC2)cc(N2CCN(c3ccc(N4CCOCC4)nn3)CC2)n1. The molecule has 0 N–H and O–H groups in total. The predicted octanol–water partition coefficient (Wildman–Crippen LogP) is 1.31. The van der Waals surface area contributed by atoms with E-state index in [2.05, 4.69) is 53.1 Å². The molecule has 0 bridgehead atoms. The van der Waals surface area contributed by atoms with Crippen LogP contribution in [0.15, 0.2) is 24.5 Å². The summed E-state index contributed by atoms with van der Waals surface area (Å²) in [6.07, 6.45) is 4.25. The van der Waals surface area contributed by atoms with Gasteiger partial charge in [0.2, 0.25) is 0 Å². The maximum Gasteiger partial charge on any atom is 0.151 e. The molecule has 3 fully saturated rings. The second-order valence-corrected chi connectivity index (χ2v) is 7.40. The average Bonchev–Trinajstić information content (AvgIpc) is 3.60. The fourth-order valence-corrected chi connectivity index (χ4v) is 3.75. The lowest BCUT2D eigenvalue weighted by Gasteiger charge is -2.36. The van der Waals surface area contributed by atoms with Crippen molar-refractivity contribution in [2.45, 2.75) is 18.8 Å². The van der Waals surface area contributed by atoms with Crippen LogP contribution in [0.1, 0.15) is 24.5 Å². The highest BCUT2D eigenvalue weighted by molar-refractivity contribution is 5.48. The second kappa shape index (κ2) is 7.26. The van der Waals surface area contributed by atoms with Crippen molar-refractivity contribution in [3.05, 3.63) is 30.2 Å². The average molecular weight is 367 g/mol.